The topological polar surface area (TPSA) is 29.5 Å². The van der Waals surface area contributed by atoms with E-state index >= 15 is 0 Å². The van der Waals surface area contributed by atoms with Gasteiger partial charge in [-0.1, -0.05) is 17.7 Å². The van der Waals surface area contributed by atoms with Crippen molar-refractivity contribution in [3.8, 4) is 5.75 Å². The van der Waals surface area contributed by atoms with Crippen molar-refractivity contribution in [1.29, 1.82) is 0 Å². The number of benzene rings is 1. The minimum atomic E-state index is -0.404. The number of aliphatic hydroxyl groups excluding tert-OH is 1. The SMILES string of the molecule is OC1CC2(CCCC2)Oc2cc(Cl)ccc21. The maximum absolute atomic E-state index is 10.2. The van der Waals surface area contributed by atoms with Gasteiger partial charge in [0, 0.05) is 17.0 Å². The van der Waals surface area contributed by atoms with Crippen LogP contribution >= 0.6 is 11.6 Å². The molecule has 3 heteroatoms. The van der Waals surface area contributed by atoms with Crippen LogP contribution in [-0.4, -0.2) is 10.7 Å². The van der Waals surface area contributed by atoms with E-state index in [1.54, 1.807) is 6.07 Å². The Morgan fingerprint density at radius 1 is 1.31 bits per heavy atom. The van der Waals surface area contributed by atoms with E-state index in [1.165, 1.54) is 12.8 Å². The van der Waals surface area contributed by atoms with Crippen LogP contribution in [0.5, 0.6) is 5.75 Å². The average molecular weight is 239 g/mol. The number of halogens is 1. The summed E-state index contributed by atoms with van der Waals surface area (Å²) < 4.78 is 6.09. The van der Waals surface area contributed by atoms with Gasteiger partial charge in [0.25, 0.3) is 0 Å². The molecule has 0 amide bonds. The second kappa shape index (κ2) is 3.64. The first kappa shape index (κ1) is 10.4. The summed E-state index contributed by atoms with van der Waals surface area (Å²) in [6.45, 7) is 0. The lowest BCUT2D eigenvalue weighted by atomic mass is 9.87. The van der Waals surface area contributed by atoms with E-state index in [0.29, 0.717) is 5.02 Å². The zero-order valence-electron chi connectivity index (χ0n) is 9.08. The Bertz CT molecular complexity index is 410. The van der Waals surface area contributed by atoms with Gasteiger partial charge < -0.3 is 9.84 Å². The predicted molar refractivity (Wildman–Crippen MR) is 62.9 cm³/mol. The molecule has 0 bridgehead atoms. The van der Waals surface area contributed by atoms with E-state index in [4.69, 9.17) is 16.3 Å². The van der Waals surface area contributed by atoms with Gasteiger partial charge in [-0.15, -0.1) is 0 Å². The highest BCUT2D eigenvalue weighted by molar-refractivity contribution is 6.30. The summed E-state index contributed by atoms with van der Waals surface area (Å²) in [5, 5.41) is 10.8. The molecule has 1 N–H and O–H groups in total. The molecule has 1 heterocycles. The molecule has 86 valence electrons. The highest BCUT2D eigenvalue weighted by Crippen LogP contribution is 2.47. The van der Waals surface area contributed by atoms with Crippen LogP contribution in [0.4, 0.5) is 0 Å². The first-order chi connectivity index (χ1) is 7.69. The van der Waals surface area contributed by atoms with E-state index in [2.05, 4.69) is 0 Å². The lowest BCUT2D eigenvalue weighted by Crippen LogP contribution is -2.38. The van der Waals surface area contributed by atoms with Gasteiger partial charge in [0.2, 0.25) is 0 Å². The molecular weight excluding hydrogens is 224 g/mol. The third-order valence-corrected chi connectivity index (χ3v) is 3.98. The van der Waals surface area contributed by atoms with Crippen LogP contribution < -0.4 is 4.74 Å². The van der Waals surface area contributed by atoms with E-state index in [0.717, 1.165) is 30.6 Å². The molecule has 0 radical (unpaired) electrons. The molecule has 1 unspecified atom stereocenters. The normalized spacial score (nSPS) is 26.5. The fourth-order valence-electron chi connectivity index (χ4n) is 2.93. The molecule has 0 saturated heterocycles. The first-order valence-electron chi connectivity index (χ1n) is 5.85. The minimum Gasteiger partial charge on any atom is -0.487 e. The van der Waals surface area contributed by atoms with Gasteiger partial charge in [-0.3, -0.25) is 0 Å². The zero-order valence-corrected chi connectivity index (χ0v) is 9.83. The van der Waals surface area contributed by atoms with E-state index in [-0.39, 0.29) is 5.60 Å². The Kier molecular flexibility index (Phi) is 2.37. The smallest absolute Gasteiger partial charge is 0.127 e. The predicted octanol–water partition coefficient (Wildman–Crippen LogP) is 3.47. The van der Waals surface area contributed by atoms with Crippen molar-refractivity contribution >= 4 is 11.6 Å². The quantitative estimate of drug-likeness (QED) is 0.750. The van der Waals surface area contributed by atoms with Gasteiger partial charge in [-0.25, -0.2) is 0 Å². The lowest BCUT2D eigenvalue weighted by molar-refractivity contribution is -0.00935. The Morgan fingerprint density at radius 3 is 2.81 bits per heavy atom. The summed E-state index contributed by atoms with van der Waals surface area (Å²) in [5.74, 6) is 0.771. The standard InChI is InChI=1S/C13H15ClO2/c14-9-3-4-10-11(15)8-13(5-1-2-6-13)16-12(10)7-9/h3-4,7,11,15H,1-2,5-6,8H2. The van der Waals surface area contributed by atoms with Gasteiger partial charge in [0.1, 0.15) is 11.4 Å². The molecule has 1 atom stereocenters. The van der Waals surface area contributed by atoms with Crippen molar-refractivity contribution < 1.29 is 9.84 Å². The minimum absolute atomic E-state index is 0.128. The molecule has 1 aliphatic heterocycles. The van der Waals surface area contributed by atoms with Gasteiger partial charge in [-0.05, 0) is 37.8 Å². The summed E-state index contributed by atoms with van der Waals surface area (Å²) in [6, 6.07) is 5.49. The summed E-state index contributed by atoms with van der Waals surface area (Å²) >= 11 is 5.96. The molecule has 2 nitrogen and oxygen atoms in total. The van der Waals surface area contributed by atoms with Crippen molar-refractivity contribution in [3.63, 3.8) is 0 Å². The number of hydrogen-bond acceptors (Lipinski definition) is 2. The molecule has 0 aromatic heterocycles. The van der Waals surface area contributed by atoms with Crippen molar-refractivity contribution in [2.75, 3.05) is 0 Å². The maximum atomic E-state index is 10.2. The summed E-state index contributed by atoms with van der Waals surface area (Å²) in [4.78, 5) is 0. The van der Waals surface area contributed by atoms with Gasteiger partial charge >= 0.3 is 0 Å². The van der Waals surface area contributed by atoms with Gasteiger partial charge in [-0.2, -0.15) is 0 Å². The second-order valence-electron chi connectivity index (χ2n) is 4.89. The van der Waals surface area contributed by atoms with Crippen LogP contribution in [0.3, 0.4) is 0 Å². The highest BCUT2D eigenvalue weighted by Gasteiger charge is 2.42. The monoisotopic (exact) mass is 238 g/mol. The first-order valence-corrected chi connectivity index (χ1v) is 6.23. The fraction of sp³-hybridized carbons (Fsp3) is 0.538. The molecule has 1 fully saturated rings. The van der Waals surface area contributed by atoms with Gasteiger partial charge in [0.05, 0.1) is 6.10 Å². The van der Waals surface area contributed by atoms with Crippen molar-refractivity contribution in [1.82, 2.24) is 0 Å². The van der Waals surface area contributed by atoms with Crippen LogP contribution in [0.1, 0.15) is 43.8 Å². The number of fused-ring (bicyclic) bond motifs is 1. The Morgan fingerprint density at radius 2 is 2.06 bits per heavy atom. The lowest BCUT2D eigenvalue weighted by Gasteiger charge is -2.38. The molecule has 3 rings (SSSR count). The molecule has 2 aliphatic rings. The molecule has 1 aliphatic carbocycles. The third-order valence-electron chi connectivity index (χ3n) is 3.74. The maximum Gasteiger partial charge on any atom is 0.127 e. The van der Waals surface area contributed by atoms with Crippen LogP contribution in [0.2, 0.25) is 5.02 Å². The highest BCUT2D eigenvalue weighted by atomic mass is 35.5. The average Bonchev–Trinajstić information content (AvgIpc) is 2.65. The molecule has 1 saturated carbocycles. The molecule has 16 heavy (non-hydrogen) atoms. The zero-order chi connectivity index (χ0) is 11.2. The Balaban J connectivity index is 2.00. The van der Waals surface area contributed by atoms with E-state index < -0.39 is 6.10 Å². The van der Waals surface area contributed by atoms with Crippen molar-refractivity contribution in [2.45, 2.75) is 43.8 Å². The van der Waals surface area contributed by atoms with Crippen molar-refractivity contribution in [3.05, 3.63) is 28.8 Å². The number of aliphatic hydroxyl groups is 1. The van der Waals surface area contributed by atoms with E-state index in [9.17, 15) is 5.11 Å². The van der Waals surface area contributed by atoms with Crippen LogP contribution in [-0.2, 0) is 0 Å². The second-order valence-corrected chi connectivity index (χ2v) is 5.33. The molecule has 1 spiro atoms. The van der Waals surface area contributed by atoms with Crippen LogP contribution in [0.25, 0.3) is 0 Å². The van der Waals surface area contributed by atoms with Crippen LogP contribution in [0.15, 0.2) is 18.2 Å². The third kappa shape index (κ3) is 1.61. The van der Waals surface area contributed by atoms with Crippen molar-refractivity contribution in [2.24, 2.45) is 0 Å². The molecule has 1 aromatic rings. The number of ether oxygens (including phenoxy) is 1. The van der Waals surface area contributed by atoms with E-state index in [1.807, 2.05) is 12.1 Å². The summed E-state index contributed by atoms with van der Waals surface area (Å²) in [7, 11) is 0. The largest absolute Gasteiger partial charge is 0.487 e. The summed E-state index contributed by atoms with van der Waals surface area (Å²) in [6.07, 6.45) is 4.82. The number of hydrogen-bond donors (Lipinski definition) is 1. The molecular formula is C13H15ClO2. The van der Waals surface area contributed by atoms with Crippen LogP contribution in [0, 0.1) is 0 Å². The molecule has 1 aromatic carbocycles. The summed E-state index contributed by atoms with van der Waals surface area (Å²) in [5.41, 5.74) is 0.749. The Hall–Kier alpha value is -0.730. The van der Waals surface area contributed by atoms with Gasteiger partial charge in [0.15, 0.2) is 0 Å². The number of rotatable bonds is 0. The Labute approximate surface area is 100 Å². The fourth-order valence-corrected chi connectivity index (χ4v) is 3.10.